The van der Waals surface area contributed by atoms with Gasteiger partial charge in [-0.2, -0.15) is 0 Å². The Hall–Kier alpha value is -1.34. The lowest BCUT2D eigenvalue weighted by Crippen LogP contribution is -2.23. The summed E-state index contributed by atoms with van der Waals surface area (Å²) in [6.45, 7) is 7.27. The van der Waals surface area contributed by atoms with Gasteiger partial charge in [0.2, 0.25) is 0 Å². The van der Waals surface area contributed by atoms with Crippen LogP contribution in [0.5, 0.6) is 0 Å². The zero-order chi connectivity index (χ0) is 16.8. The number of nitrogens with zero attached hydrogens (tertiary/aromatic N) is 5. The van der Waals surface area contributed by atoms with Crippen molar-refractivity contribution in [2.24, 2.45) is 0 Å². The molecule has 0 aliphatic carbocycles. The Kier molecular flexibility index (Phi) is 6.65. The average molecular weight is 337 g/mol. The van der Waals surface area contributed by atoms with Crippen LogP contribution in [0, 0.1) is 6.92 Å². The fraction of sp³-hybridized carbons (Fsp3) is 0.688. The normalized spacial score (nSPS) is 13.0. The summed E-state index contributed by atoms with van der Waals surface area (Å²) in [5, 5.41) is 13.9. The molecule has 0 N–H and O–H groups in total. The van der Waals surface area contributed by atoms with Crippen LogP contribution in [0.2, 0.25) is 0 Å². The number of aryl methyl sites for hydroxylation is 1. The minimum atomic E-state index is 0.294. The van der Waals surface area contributed by atoms with E-state index in [2.05, 4.69) is 52.8 Å². The van der Waals surface area contributed by atoms with E-state index in [1.807, 2.05) is 13.0 Å². The molecular formula is C16H27N5OS. The number of hydrogen-bond donors (Lipinski definition) is 0. The van der Waals surface area contributed by atoms with Gasteiger partial charge < -0.3 is 9.09 Å². The summed E-state index contributed by atoms with van der Waals surface area (Å²) in [6, 6.07) is 2.26. The molecule has 0 aliphatic heterocycles. The lowest BCUT2D eigenvalue weighted by atomic mass is 10.2. The number of unbranched alkanes of at least 4 members (excludes halogenated alkanes) is 1. The van der Waals surface area contributed by atoms with Crippen LogP contribution >= 0.6 is 11.8 Å². The number of thioether (sulfide) groups is 1. The zero-order valence-electron chi connectivity index (χ0n) is 14.7. The predicted octanol–water partition coefficient (Wildman–Crippen LogP) is 3.68. The summed E-state index contributed by atoms with van der Waals surface area (Å²) in [5.41, 5.74) is 0.943. The molecule has 1 unspecified atom stereocenters. The molecule has 0 aliphatic rings. The van der Waals surface area contributed by atoms with E-state index in [-0.39, 0.29) is 0 Å². The molecule has 6 nitrogen and oxygen atoms in total. The van der Waals surface area contributed by atoms with E-state index in [0.717, 1.165) is 54.0 Å². The Labute approximate surface area is 142 Å². The summed E-state index contributed by atoms with van der Waals surface area (Å²) in [6.07, 6.45) is 3.30. The highest BCUT2D eigenvalue weighted by molar-refractivity contribution is 7.98. The van der Waals surface area contributed by atoms with Gasteiger partial charge in [0.25, 0.3) is 0 Å². The smallest absolute Gasteiger partial charge is 0.191 e. The lowest BCUT2D eigenvalue weighted by molar-refractivity contribution is 0.270. The molecule has 2 rings (SSSR count). The van der Waals surface area contributed by atoms with E-state index in [1.54, 1.807) is 11.8 Å². The van der Waals surface area contributed by atoms with Crippen LogP contribution in [0.3, 0.4) is 0 Å². The van der Waals surface area contributed by atoms with Crippen LogP contribution in [-0.4, -0.2) is 38.9 Å². The Morgan fingerprint density at radius 2 is 2.09 bits per heavy atom. The van der Waals surface area contributed by atoms with Crippen LogP contribution in [0.25, 0.3) is 0 Å². The van der Waals surface area contributed by atoms with E-state index in [0.29, 0.717) is 6.04 Å². The van der Waals surface area contributed by atoms with Crippen molar-refractivity contribution in [1.29, 1.82) is 0 Å². The summed E-state index contributed by atoms with van der Waals surface area (Å²) in [4.78, 5) is 2.21. The topological polar surface area (TPSA) is 60.0 Å². The van der Waals surface area contributed by atoms with Crippen molar-refractivity contribution in [2.45, 2.75) is 63.5 Å². The zero-order valence-corrected chi connectivity index (χ0v) is 15.6. The predicted molar refractivity (Wildman–Crippen MR) is 92.5 cm³/mol. The van der Waals surface area contributed by atoms with Crippen molar-refractivity contribution in [3.63, 3.8) is 0 Å². The van der Waals surface area contributed by atoms with Crippen molar-refractivity contribution < 1.29 is 4.52 Å². The van der Waals surface area contributed by atoms with E-state index in [9.17, 15) is 0 Å². The highest BCUT2D eigenvalue weighted by atomic mass is 32.2. The molecule has 0 fully saturated rings. The van der Waals surface area contributed by atoms with Gasteiger partial charge in [-0.3, -0.25) is 4.90 Å². The maximum Gasteiger partial charge on any atom is 0.191 e. The Morgan fingerprint density at radius 3 is 2.65 bits per heavy atom. The molecule has 0 aromatic carbocycles. The molecule has 2 aromatic heterocycles. The van der Waals surface area contributed by atoms with Crippen molar-refractivity contribution in [2.75, 3.05) is 14.1 Å². The molecule has 0 radical (unpaired) electrons. The van der Waals surface area contributed by atoms with Crippen molar-refractivity contribution >= 4 is 11.8 Å². The first-order valence-electron chi connectivity index (χ1n) is 8.21. The fourth-order valence-electron chi connectivity index (χ4n) is 2.58. The second-order valence-corrected chi connectivity index (χ2v) is 6.89. The quantitative estimate of drug-likeness (QED) is 0.651. The van der Waals surface area contributed by atoms with E-state index < -0.39 is 0 Å². The number of hydrogen-bond acceptors (Lipinski definition) is 6. The number of aromatic nitrogens is 4. The summed E-state index contributed by atoms with van der Waals surface area (Å²) < 4.78 is 7.40. The van der Waals surface area contributed by atoms with Crippen molar-refractivity contribution in [1.82, 2.24) is 24.8 Å². The SMILES string of the molecule is CCCCn1c(SCc2cc(C)on2)nnc1C(CC)N(C)C. The minimum absolute atomic E-state index is 0.294. The van der Waals surface area contributed by atoms with Crippen LogP contribution in [0.1, 0.15) is 56.4 Å². The summed E-state index contributed by atoms with van der Waals surface area (Å²) in [5.74, 6) is 2.65. The summed E-state index contributed by atoms with van der Waals surface area (Å²) in [7, 11) is 4.19. The van der Waals surface area contributed by atoms with Gasteiger partial charge in [-0.1, -0.05) is 37.2 Å². The van der Waals surface area contributed by atoms with Crippen molar-refractivity contribution in [3.8, 4) is 0 Å². The standard InChI is InChI=1S/C16H27N5OS/c1-6-8-9-21-15(14(7-2)20(4)5)17-18-16(21)23-11-13-10-12(3)22-19-13/h10,14H,6-9,11H2,1-5H3. The second kappa shape index (κ2) is 8.49. The molecule has 0 saturated carbocycles. The first-order chi connectivity index (χ1) is 11.1. The molecular weight excluding hydrogens is 310 g/mol. The average Bonchev–Trinajstić information content (AvgIpc) is 3.10. The molecule has 7 heteroatoms. The molecule has 23 heavy (non-hydrogen) atoms. The highest BCUT2D eigenvalue weighted by Crippen LogP contribution is 2.27. The van der Waals surface area contributed by atoms with E-state index >= 15 is 0 Å². The van der Waals surface area contributed by atoms with Crippen LogP contribution in [0.4, 0.5) is 0 Å². The van der Waals surface area contributed by atoms with Crippen LogP contribution < -0.4 is 0 Å². The Bertz CT molecular complexity index is 607. The molecule has 0 amide bonds. The first-order valence-corrected chi connectivity index (χ1v) is 9.19. The van der Waals surface area contributed by atoms with Gasteiger partial charge in [-0.15, -0.1) is 10.2 Å². The van der Waals surface area contributed by atoms with Crippen LogP contribution in [-0.2, 0) is 12.3 Å². The van der Waals surface area contributed by atoms with Gasteiger partial charge in [-0.05, 0) is 33.9 Å². The first kappa shape index (κ1) is 18.0. The molecule has 128 valence electrons. The fourth-order valence-corrected chi connectivity index (χ4v) is 3.44. The third kappa shape index (κ3) is 4.57. The van der Waals surface area contributed by atoms with E-state index in [4.69, 9.17) is 4.52 Å². The van der Waals surface area contributed by atoms with Gasteiger partial charge in [0.1, 0.15) is 5.76 Å². The Balaban J connectivity index is 2.18. The molecule has 0 saturated heterocycles. The number of rotatable bonds is 9. The molecule has 0 spiro atoms. The van der Waals surface area contributed by atoms with Gasteiger partial charge in [0, 0.05) is 18.4 Å². The largest absolute Gasteiger partial charge is 0.361 e. The van der Waals surface area contributed by atoms with Gasteiger partial charge in [-0.25, -0.2) is 0 Å². The van der Waals surface area contributed by atoms with Gasteiger partial charge in [0.05, 0.1) is 11.7 Å². The maximum atomic E-state index is 5.13. The molecule has 0 bridgehead atoms. The van der Waals surface area contributed by atoms with E-state index in [1.165, 1.54) is 0 Å². The Morgan fingerprint density at radius 1 is 1.30 bits per heavy atom. The maximum absolute atomic E-state index is 5.13. The van der Waals surface area contributed by atoms with Crippen LogP contribution in [0.15, 0.2) is 15.7 Å². The lowest BCUT2D eigenvalue weighted by Gasteiger charge is -2.23. The van der Waals surface area contributed by atoms with Crippen molar-refractivity contribution in [3.05, 3.63) is 23.3 Å². The minimum Gasteiger partial charge on any atom is -0.361 e. The van der Waals surface area contributed by atoms with Gasteiger partial charge >= 0.3 is 0 Å². The molecule has 1 atom stereocenters. The highest BCUT2D eigenvalue weighted by Gasteiger charge is 2.21. The monoisotopic (exact) mass is 337 g/mol. The van der Waals surface area contributed by atoms with Gasteiger partial charge in [0.15, 0.2) is 11.0 Å². The third-order valence-electron chi connectivity index (χ3n) is 3.81. The molecule has 2 aromatic rings. The summed E-state index contributed by atoms with van der Waals surface area (Å²) >= 11 is 1.67. The second-order valence-electron chi connectivity index (χ2n) is 5.95. The third-order valence-corrected chi connectivity index (χ3v) is 4.82. The molecule has 2 heterocycles.